The molecular formula is C13H12O2S. The van der Waals surface area contributed by atoms with Crippen LogP contribution in [0.25, 0.3) is 0 Å². The Kier molecular flexibility index (Phi) is 3.06. The first-order chi connectivity index (χ1) is 7.72. The summed E-state index contributed by atoms with van der Waals surface area (Å²) in [5.41, 5.74) is 1.68. The fourth-order valence-electron chi connectivity index (χ4n) is 1.56. The summed E-state index contributed by atoms with van der Waals surface area (Å²) < 4.78 is 5.11. The molecule has 3 heteroatoms. The summed E-state index contributed by atoms with van der Waals surface area (Å²) in [5, 5.41) is 1.91. The van der Waals surface area contributed by atoms with Crippen LogP contribution in [0.3, 0.4) is 0 Å². The summed E-state index contributed by atoms with van der Waals surface area (Å²) in [6, 6.07) is 9.23. The lowest BCUT2D eigenvalue weighted by molar-refractivity contribution is 0.104. The number of hydrogen-bond donors (Lipinski definition) is 0. The van der Waals surface area contributed by atoms with Crippen LogP contribution in [0.1, 0.15) is 20.8 Å². The van der Waals surface area contributed by atoms with Gasteiger partial charge in [0.05, 0.1) is 12.0 Å². The molecule has 0 unspecified atom stereocenters. The predicted octanol–water partition coefficient (Wildman–Crippen LogP) is 3.30. The third kappa shape index (κ3) is 1.99. The van der Waals surface area contributed by atoms with Crippen LogP contribution in [0.2, 0.25) is 0 Å². The number of carbonyl (C=O) groups excluding carboxylic acids is 1. The van der Waals surface area contributed by atoms with Crippen molar-refractivity contribution in [1.29, 1.82) is 0 Å². The smallest absolute Gasteiger partial charge is 0.203 e. The minimum atomic E-state index is 0.0788. The summed E-state index contributed by atoms with van der Waals surface area (Å²) in [6.07, 6.45) is 0. The van der Waals surface area contributed by atoms with E-state index in [1.54, 1.807) is 7.11 Å². The molecule has 2 nitrogen and oxygen atoms in total. The zero-order valence-corrected chi connectivity index (χ0v) is 10.0. The van der Waals surface area contributed by atoms with Crippen molar-refractivity contribution in [3.8, 4) is 5.75 Å². The molecule has 0 amide bonds. The highest BCUT2D eigenvalue weighted by Gasteiger charge is 2.12. The maximum Gasteiger partial charge on any atom is 0.203 e. The maximum absolute atomic E-state index is 12.1. The Morgan fingerprint density at radius 1 is 1.31 bits per heavy atom. The topological polar surface area (TPSA) is 26.3 Å². The van der Waals surface area contributed by atoms with Gasteiger partial charge in [-0.25, -0.2) is 0 Å². The van der Waals surface area contributed by atoms with Gasteiger partial charge in [0.15, 0.2) is 0 Å². The number of carbonyl (C=O) groups is 1. The van der Waals surface area contributed by atoms with Gasteiger partial charge in [0, 0.05) is 5.56 Å². The molecule has 0 bridgehead atoms. The lowest BCUT2D eigenvalue weighted by Crippen LogP contribution is -2.01. The number of benzene rings is 1. The van der Waals surface area contributed by atoms with E-state index in [0.29, 0.717) is 0 Å². The Morgan fingerprint density at radius 2 is 2.12 bits per heavy atom. The molecule has 16 heavy (non-hydrogen) atoms. The standard InChI is InChI=1S/C13H12O2S/c1-9-8-10(15-2)5-6-11(9)13(14)12-4-3-7-16-12/h3-8H,1-2H3. The number of ketones is 1. The number of ether oxygens (including phenoxy) is 1. The van der Waals surface area contributed by atoms with Crippen LogP contribution in [-0.4, -0.2) is 12.9 Å². The van der Waals surface area contributed by atoms with Crippen LogP contribution in [0.5, 0.6) is 5.75 Å². The van der Waals surface area contributed by atoms with Crippen molar-refractivity contribution >= 4 is 17.1 Å². The molecule has 0 atom stereocenters. The van der Waals surface area contributed by atoms with Gasteiger partial charge in [-0.2, -0.15) is 0 Å². The van der Waals surface area contributed by atoms with Crippen molar-refractivity contribution in [2.45, 2.75) is 6.92 Å². The van der Waals surface area contributed by atoms with Gasteiger partial charge in [0.1, 0.15) is 5.75 Å². The molecule has 0 N–H and O–H groups in total. The molecule has 0 radical (unpaired) electrons. The molecule has 1 aromatic heterocycles. The highest BCUT2D eigenvalue weighted by Crippen LogP contribution is 2.21. The van der Waals surface area contributed by atoms with E-state index < -0.39 is 0 Å². The normalized spacial score (nSPS) is 10.1. The Hall–Kier alpha value is -1.61. The van der Waals surface area contributed by atoms with Gasteiger partial charge in [-0.05, 0) is 42.1 Å². The Morgan fingerprint density at radius 3 is 2.69 bits per heavy atom. The number of methoxy groups -OCH3 is 1. The first-order valence-corrected chi connectivity index (χ1v) is 5.83. The lowest BCUT2D eigenvalue weighted by Gasteiger charge is -2.05. The third-order valence-corrected chi connectivity index (χ3v) is 3.29. The summed E-state index contributed by atoms with van der Waals surface area (Å²) in [7, 11) is 1.62. The Balaban J connectivity index is 2.38. The van der Waals surface area contributed by atoms with Crippen LogP contribution in [-0.2, 0) is 0 Å². The van der Waals surface area contributed by atoms with Crippen molar-refractivity contribution in [3.05, 3.63) is 51.7 Å². The molecule has 0 fully saturated rings. The second-order valence-electron chi connectivity index (χ2n) is 3.49. The van der Waals surface area contributed by atoms with E-state index in [2.05, 4.69) is 0 Å². The van der Waals surface area contributed by atoms with Gasteiger partial charge in [0.25, 0.3) is 0 Å². The van der Waals surface area contributed by atoms with Crippen LogP contribution >= 0.6 is 11.3 Å². The highest BCUT2D eigenvalue weighted by molar-refractivity contribution is 7.12. The second kappa shape index (κ2) is 4.49. The van der Waals surface area contributed by atoms with Gasteiger partial charge in [-0.3, -0.25) is 4.79 Å². The molecule has 0 saturated heterocycles. The maximum atomic E-state index is 12.1. The van der Waals surface area contributed by atoms with E-state index >= 15 is 0 Å². The van der Waals surface area contributed by atoms with Crippen molar-refractivity contribution in [2.75, 3.05) is 7.11 Å². The van der Waals surface area contributed by atoms with E-state index in [1.807, 2.05) is 42.6 Å². The van der Waals surface area contributed by atoms with E-state index in [1.165, 1.54) is 11.3 Å². The summed E-state index contributed by atoms with van der Waals surface area (Å²) in [6.45, 7) is 1.92. The fourth-order valence-corrected chi connectivity index (χ4v) is 2.24. The van der Waals surface area contributed by atoms with Crippen molar-refractivity contribution in [1.82, 2.24) is 0 Å². The molecule has 2 rings (SSSR count). The average molecular weight is 232 g/mol. The molecule has 0 saturated carbocycles. The zero-order valence-electron chi connectivity index (χ0n) is 9.19. The summed E-state index contributed by atoms with van der Waals surface area (Å²) >= 11 is 1.46. The lowest BCUT2D eigenvalue weighted by atomic mass is 10.0. The molecule has 1 aromatic carbocycles. The summed E-state index contributed by atoms with van der Waals surface area (Å²) in [5.74, 6) is 0.857. The number of rotatable bonds is 3. The van der Waals surface area contributed by atoms with E-state index in [0.717, 1.165) is 21.8 Å². The molecule has 82 valence electrons. The molecule has 0 aliphatic carbocycles. The third-order valence-electron chi connectivity index (χ3n) is 2.42. The highest BCUT2D eigenvalue weighted by atomic mass is 32.1. The van der Waals surface area contributed by atoms with Gasteiger partial charge in [0.2, 0.25) is 5.78 Å². The van der Waals surface area contributed by atoms with Crippen molar-refractivity contribution in [2.24, 2.45) is 0 Å². The fraction of sp³-hybridized carbons (Fsp3) is 0.154. The van der Waals surface area contributed by atoms with Crippen LogP contribution in [0.4, 0.5) is 0 Å². The monoisotopic (exact) mass is 232 g/mol. The van der Waals surface area contributed by atoms with Gasteiger partial charge < -0.3 is 4.74 Å². The Labute approximate surface area is 98.5 Å². The first kappa shape index (κ1) is 10.9. The van der Waals surface area contributed by atoms with E-state index in [4.69, 9.17) is 4.74 Å². The van der Waals surface area contributed by atoms with Gasteiger partial charge >= 0.3 is 0 Å². The molecule has 1 heterocycles. The van der Waals surface area contributed by atoms with E-state index in [-0.39, 0.29) is 5.78 Å². The zero-order chi connectivity index (χ0) is 11.5. The minimum absolute atomic E-state index is 0.0788. The van der Waals surface area contributed by atoms with Gasteiger partial charge in [-0.1, -0.05) is 6.07 Å². The quantitative estimate of drug-likeness (QED) is 0.759. The largest absolute Gasteiger partial charge is 0.497 e. The average Bonchev–Trinajstić information content (AvgIpc) is 2.81. The molecular weight excluding hydrogens is 220 g/mol. The van der Waals surface area contributed by atoms with Crippen LogP contribution < -0.4 is 4.74 Å². The SMILES string of the molecule is COc1ccc(C(=O)c2cccs2)c(C)c1. The second-order valence-corrected chi connectivity index (χ2v) is 4.43. The van der Waals surface area contributed by atoms with Crippen molar-refractivity contribution in [3.63, 3.8) is 0 Å². The molecule has 0 spiro atoms. The molecule has 0 aliphatic rings. The van der Waals surface area contributed by atoms with Crippen LogP contribution in [0.15, 0.2) is 35.7 Å². The molecule has 0 aliphatic heterocycles. The number of thiophene rings is 1. The van der Waals surface area contributed by atoms with Crippen LogP contribution in [0, 0.1) is 6.92 Å². The predicted molar refractivity (Wildman–Crippen MR) is 65.5 cm³/mol. The number of aryl methyl sites for hydroxylation is 1. The Bertz CT molecular complexity index is 501. The van der Waals surface area contributed by atoms with E-state index in [9.17, 15) is 4.79 Å². The van der Waals surface area contributed by atoms with Crippen molar-refractivity contribution < 1.29 is 9.53 Å². The minimum Gasteiger partial charge on any atom is -0.497 e. The summed E-state index contributed by atoms with van der Waals surface area (Å²) in [4.78, 5) is 12.9. The van der Waals surface area contributed by atoms with Gasteiger partial charge in [-0.15, -0.1) is 11.3 Å². The number of hydrogen-bond acceptors (Lipinski definition) is 3. The molecule has 2 aromatic rings. The first-order valence-electron chi connectivity index (χ1n) is 4.95.